The molecule has 44 heavy (non-hydrogen) atoms. The SMILES string of the molecule is c1ccc(-c2cccc(N(c3ccc4ccc5ccccc5c4c3)c3ccc4sc5c6ccccc6ccc5c4c3)c2)cc1. The fourth-order valence-electron chi connectivity index (χ4n) is 6.66. The van der Waals surface area contributed by atoms with Crippen molar-refractivity contribution in [2.45, 2.75) is 0 Å². The maximum Gasteiger partial charge on any atom is 0.0468 e. The van der Waals surface area contributed by atoms with Gasteiger partial charge in [0.1, 0.15) is 0 Å². The molecule has 0 radical (unpaired) electrons. The van der Waals surface area contributed by atoms with Crippen LogP contribution in [0.4, 0.5) is 17.1 Å². The normalized spacial score (nSPS) is 11.6. The summed E-state index contributed by atoms with van der Waals surface area (Å²) in [6, 6.07) is 59.8. The summed E-state index contributed by atoms with van der Waals surface area (Å²) in [4.78, 5) is 2.41. The molecule has 0 unspecified atom stereocenters. The molecule has 0 aliphatic heterocycles. The van der Waals surface area contributed by atoms with Crippen molar-refractivity contribution in [3.8, 4) is 11.1 Å². The third-order valence-electron chi connectivity index (χ3n) is 8.80. The van der Waals surface area contributed by atoms with Gasteiger partial charge in [0, 0.05) is 37.2 Å². The van der Waals surface area contributed by atoms with E-state index in [-0.39, 0.29) is 0 Å². The maximum absolute atomic E-state index is 2.41. The summed E-state index contributed by atoms with van der Waals surface area (Å²) in [6.07, 6.45) is 0. The van der Waals surface area contributed by atoms with E-state index in [0.717, 1.165) is 17.1 Å². The Morgan fingerprint density at radius 1 is 0.341 bits per heavy atom. The highest BCUT2D eigenvalue weighted by molar-refractivity contribution is 7.26. The Balaban J connectivity index is 1.29. The first kappa shape index (κ1) is 25.1. The summed E-state index contributed by atoms with van der Waals surface area (Å²) in [7, 11) is 0. The molecule has 206 valence electrons. The van der Waals surface area contributed by atoms with Crippen LogP contribution in [-0.4, -0.2) is 0 Å². The van der Waals surface area contributed by atoms with Crippen LogP contribution in [0.2, 0.25) is 0 Å². The lowest BCUT2D eigenvalue weighted by molar-refractivity contribution is 1.30. The zero-order chi connectivity index (χ0) is 29.0. The molecule has 9 rings (SSSR count). The molecule has 8 aromatic carbocycles. The molecule has 0 fully saturated rings. The van der Waals surface area contributed by atoms with Gasteiger partial charge < -0.3 is 4.90 Å². The third-order valence-corrected chi connectivity index (χ3v) is 10.0. The van der Waals surface area contributed by atoms with E-state index >= 15 is 0 Å². The van der Waals surface area contributed by atoms with Gasteiger partial charge in [0.25, 0.3) is 0 Å². The highest BCUT2D eigenvalue weighted by Crippen LogP contribution is 2.44. The van der Waals surface area contributed by atoms with Crippen LogP contribution in [0.1, 0.15) is 0 Å². The van der Waals surface area contributed by atoms with Crippen molar-refractivity contribution in [2.24, 2.45) is 0 Å². The number of thiophene rings is 1. The minimum Gasteiger partial charge on any atom is -0.310 e. The predicted molar refractivity (Wildman–Crippen MR) is 192 cm³/mol. The molecular weight excluding hydrogens is 551 g/mol. The average Bonchev–Trinajstić information content (AvgIpc) is 3.47. The molecule has 1 heterocycles. The molecule has 0 bridgehead atoms. The van der Waals surface area contributed by atoms with Crippen molar-refractivity contribution in [3.05, 3.63) is 164 Å². The van der Waals surface area contributed by atoms with Crippen molar-refractivity contribution in [3.63, 3.8) is 0 Å². The van der Waals surface area contributed by atoms with E-state index in [1.807, 2.05) is 11.3 Å². The Bertz CT molecular complexity index is 2510. The molecule has 2 heteroatoms. The molecule has 0 aliphatic carbocycles. The number of hydrogen-bond donors (Lipinski definition) is 0. The molecule has 1 aromatic heterocycles. The molecule has 0 N–H and O–H groups in total. The van der Waals surface area contributed by atoms with Gasteiger partial charge in [-0.3, -0.25) is 0 Å². The lowest BCUT2D eigenvalue weighted by Crippen LogP contribution is -2.10. The summed E-state index contributed by atoms with van der Waals surface area (Å²) < 4.78 is 2.66. The van der Waals surface area contributed by atoms with Gasteiger partial charge in [0.15, 0.2) is 0 Å². The number of fused-ring (bicyclic) bond motifs is 8. The summed E-state index contributed by atoms with van der Waals surface area (Å²) in [6.45, 7) is 0. The summed E-state index contributed by atoms with van der Waals surface area (Å²) in [5, 5.41) is 10.3. The van der Waals surface area contributed by atoms with E-state index in [9.17, 15) is 0 Å². The zero-order valence-corrected chi connectivity index (χ0v) is 24.8. The minimum absolute atomic E-state index is 1.13. The van der Waals surface area contributed by atoms with E-state index in [0.29, 0.717) is 0 Å². The topological polar surface area (TPSA) is 3.24 Å². The molecule has 0 amide bonds. The first-order valence-corrected chi connectivity index (χ1v) is 15.8. The Morgan fingerprint density at radius 2 is 0.932 bits per heavy atom. The predicted octanol–water partition coefficient (Wildman–Crippen LogP) is 12.7. The molecule has 0 aliphatic rings. The molecule has 1 nitrogen and oxygen atoms in total. The van der Waals surface area contributed by atoms with E-state index in [2.05, 4.69) is 169 Å². The van der Waals surface area contributed by atoms with Gasteiger partial charge in [0.05, 0.1) is 0 Å². The van der Waals surface area contributed by atoms with Crippen LogP contribution in [0.3, 0.4) is 0 Å². The monoisotopic (exact) mass is 577 g/mol. The van der Waals surface area contributed by atoms with Gasteiger partial charge in [-0.25, -0.2) is 0 Å². The van der Waals surface area contributed by atoms with Crippen LogP contribution in [0.15, 0.2) is 164 Å². The van der Waals surface area contributed by atoms with Gasteiger partial charge in [-0.15, -0.1) is 11.3 Å². The molecular formula is C42H27NS. The van der Waals surface area contributed by atoms with Crippen molar-refractivity contribution < 1.29 is 0 Å². The first-order valence-electron chi connectivity index (χ1n) is 15.0. The van der Waals surface area contributed by atoms with Crippen LogP contribution < -0.4 is 4.90 Å². The summed E-state index contributed by atoms with van der Waals surface area (Å²) in [5.74, 6) is 0. The highest BCUT2D eigenvalue weighted by atomic mass is 32.1. The highest BCUT2D eigenvalue weighted by Gasteiger charge is 2.17. The number of hydrogen-bond acceptors (Lipinski definition) is 2. The Hall–Kier alpha value is -5.44. The second-order valence-electron chi connectivity index (χ2n) is 11.4. The fraction of sp³-hybridized carbons (Fsp3) is 0. The van der Waals surface area contributed by atoms with Gasteiger partial charge in [-0.05, 0) is 85.9 Å². The summed E-state index contributed by atoms with van der Waals surface area (Å²) in [5.41, 5.74) is 5.84. The Morgan fingerprint density at radius 3 is 1.77 bits per heavy atom. The maximum atomic E-state index is 2.41. The van der Waals surface area contributed by atoms with Crippen molar-refractivity contribution in [2.75, 3.05) is 4.90 Å². The second-order valence-corrected chi connectivity index (χ2v) is 12.4. The fourth-order valence-corrected chi connectivity index (χ4v) is 7.88. The van der Waals surface area contributed by atoms with Crippen molar-refractivity contribution in [1.82, 2.24) is 0 Å². The first-order chi connectivity index (χ1) is 21.8. The molecule has 0 spiro atoms. The van der Waals surface area contributed by atoms with E-state index in [1.54, 1.807) is 0 Å². The number of rotatable bonds is 4. The van der Waals surface area contributed by atoms with Crippen LogP contribution in [0.25, 0.3) is 63.6 Å². The van der Waals surface area contributed by atoms with Crippen LogP contribution in [0, 0.1) is 0 Å². The van der Waals surface area contributed by atoms with E-state index in [1.165, 1.54) is 63.6 Å². The van der Waals surface area contributed by atoms with Gasteiger partial charge in [-0.2, -0.15) is 0 Å². The standard InChI is InChI=1S/C42H27NS/c1-2-9-28(10-3-1)32-13-8-14-33(25-32)43(34-21-19-31-18-17-29-11-4-6-15-36(29)39(31)26-34)35-22-24-41-40(27-35)38-23-20-30-12-5-7-16-37(30)42(38)44-41/h1-27H. The van der Waals surface area contributed by atoms with E-state index in [4.69, 9.17) is 0 Å². The van der Waals surface area contributed by atoms with Crippen molar-refractivity contribution >= 4 is 80.9 Å². The number of nitrogens with zero attached hydrogens (tertiary/aromatic N) is 1. The Kier molecular flexibility index (Phi) is 5.75. The number of anilines is 3. The smallest absolute Gasteiger partial charge is 0.0468 e. The summed E-state index contributed by atoms with van der Waals surface area (Å²) >= 11 is 1.89. The van der Waals surface area contributed by atoms with Crippen LogP contribution in [-0.2, 0) is 0 Å². The molecule has 0 saturated carbocycles. The van der Waals surface area contributed by atoms with E-state index < -0.39 is 0 Å². The van der Waals surface area contributed by atoms with Gasteiger partial charge in [0.2, 0.25) is 0 Å². The van der Waals surface area contributed by atoms with Crippen LogP contribution >= 0.6 is 11.3 Å². The largest absolute Gasteiger partial charge is 0.310 e. The molecule has 0 atom stereocenters. The minimum atomic E-state index is 1.13. The second kappa shape index (κ2) is 10.1. The Labute approximate surface area is 259 Å². The number of benzene rings is 8. The van der Waals surface area contributed by atoms with Crippen LogP contribution in [0.5, 0.6) is 0 Å². The third kappa shape index (κ3) is 4.07. The quantitative estimate of drug-likeness (QED) is 0.188. The van der Waals surface area contributed by atoms with Crippen molar-refractivity contribution in [1.29, 1.82) is 0 Å². The molecule has 0 saturated heterocycles. The lowest BCUT2D eigenvalue weighted by atomic mass is 10.0. The average molecular weight is 578 g/mol. The molecule has 9 aromatic rings. The lowest BCUT2D eigenvalue weighted by Gasteiger charge is -2.26. The zero-order valence-electron chi connectivity index (χ0n) is 23.9. The van der Waals surface area contributed by atoms with Gasteiger partial charge in [-0.1, -0.05) is 121 Å². The van der Waals surface area contributed by atoms with Gasteiger partial charge >= 0.3 is 0 Å².